The van der Waals surface area contributed by atoms with Crippen molar-refractivity contribution in [3.8, 4) is 11.8 Å². The van der Waals surface area contributed by atoms with E-state index in [1.807, 2.05) is 0 Å². The normalized spacial score (nSPS) is 13.7. The number of ether oxygens (including phenoxy) is 1. The number of nitriles is 1. The van der Waals surface area contributed by atoms with Gasteiger partial charge in [0.05, 0.1) is 5.56 Å². The average Bonchev–Trinajstić information content (AvgIpc) is 2.93. The van der Waals surface area contributed by atoms with Crippen LogP contribution in [-0.2, 0) is 17.6 Å². The molecule has 0 fully saturated rings. The van der Waals surface area contributed by atoms with Crippen molar-refractivity contribution >= 4 is 33.8 Å². The van der Waals surface area contributed by atoms with Crippen LogP contribution in [0.2, 0.25) is 5.02 Å². The molecule has 0 atom stereocenters. The molecular weight excluding hydrogens is 356 g/mol. The number of halogens is 1. The molecule has 1 aliphatic carbocycles. The summed E-state index contributed by atoms with van der Waals surface area (Å²) in [6.45, 7) is 3.41. The van der Waals surface area contributed by atoms with Gasteiger partial charge in [0.15, 0.2) is 5.60 Å². The van der Waals surface area contributed by atoms with E-state index in [9.17, 15) is 10.1 Å². The summed E-state index contributed by atoms with van der Waals surface area (Å²) in [4.78, 5) is 13.9. The molecule has 3 rings (SSSR count). The third-order valence-electron chi connectivity index (χ3n) is 4.24. The van der Waals surface area contributed by atoms with E-state index in [4.69, 9.17) is 16.3 Å². The van der Waals surface area contributed by atoms with Gasteiger partial charge in [0.1, 0.15) is 16.8 Å². The molecule has 0 radical (unpaired) electrons. The number of amides is 1. The summed E-state index contributed by atoms with van der Waals surface area (Å²) < 4.78 is 5.82. The third kappa shape index (κ3) is 3.81. The second kappa shape index (κ2) is 7.07. The summed E-state index contributed by atoms with van der Waals surface area (Å²) in [7, 11) is 0. The van der Waals surface area contributed by atoms with Gasteiger partial charge in [0.2, 0.25) is 0 Å². The fourth-order valence-electron chi connectivity index (χ4n) is 2.87. The number of carbonyl (C=O) groups is 1. The van der Waals surface area contributed by atoms with Gasteiger partial charge in [-0.2, -0.15) is 5.26 Å². The van der Waals surface area contributed by atoms with Crippen LogP contribution in [0.1, 0.15) is 42.7 Å². The van der Waals surface area contributed by atoms with E-state index in [1.165, 1.54) is 16.2 Å². The zero-order valence-electron chi connectivity index (χ0n) is 14.2. The number of nitrogens with zero attached hydrogens (tertiary/aromatic N) is 1. The van der Waals surface area contributed by atoms with Crippen LogP contribution in [-0.4, -0.2) is 11.5 Å². The first-order valence-corrected chi connectivity index (χ1v) is 9.41. The van der Waals surface area contributed by atoms with E-state index >= 15 is 0 Å². The number of nitrogens with one attached hydrogen (secondary N) is 1. The molecule has 25 heavy (non-hydrogen) atoms. The molecule has 1 heterocycles. The summed E-state index contributed by atoms with van der Waals surface area (Å²) in [6.07, 6.45) is 4.12. The fraction of sp³-hybridized carbons (Fsp3) is 0.368. The lowest BCUT2D eigenvalue weighted by Gasteiger charge is -2.25. The molecule has 0 unspecified atom stereocenters. The quantitative estimate of drug-likeness (QED) is 0.823. The molecule has 0 bridgehead atoms. The Morgan fingerprint density at radius 1 is 1.28 bits per heavy atom. The first-order chi connectivity index (χ1) is 11.9. The Hall–Kier alpha value is -2.03. The Balaban J connectivity index is 1.78. The molecule has 2 aromatic rings. The van der Waals surface area contributed by atoms with Gasteiger partial charge in [-0.3, -0.25) is 4.79 Å². The van der Waals surface area contributed by atoms with Crippen molar-refractivity contribution in [3.05, 3.63) is 45.3 Å². The van der Waals surface area contributed by atoms with E-state index in [1.54, 1.807) is 38.1 Å². The first kappa shape index (κ1) is 17.8. The number of rotatable bonds is 4. The number of fused-ring (bicyclic) bond motifs is 1. The van der Waals surface area contributed by atoms with Crippen LogP contribution in [0.25, 0.3) is 0 Å². The SMILES string of the molecule is CC(C)(Oc1ccc(Cl)cc1)C(=O)Nc1sc2c(c1C#N)CCCC2. The van der Waals surface area contributed by atoms with Crippen molar-refractivity contribution in [3.63, 3.8) is 0 Å². The summed E-state index contributed by atoms with van der Waals surface area (Å²) in [5.41, 5.74) is 0.631. The number of benzene rings is 1. The molecule has 1 aliphatic rings. The van der Waals surface area contributed by atoms with Gasteiger partial charge >= 0.3 is 0 Å². The predicted octanol–water partition coefficient (Wildman–Crippen LogP) is 4.95. The van der Waals surface area contributed by atoms with Crippen molar-refractivity contribution in [1.29, 1.82) is 5.26 Å². The lowest BCUT2D eigenvalue weighted by molar-refractivity contribution is -0.128. The molecule has 0 aliphatic heterocycles. The minimum atomic E-state index is -1.08. The Morgan fingerprint density at radius 2 is 1.96 bits per heavy atom. The highest BCUT2D eigenvalue weighted by Crippen LogP contribution is 2.38. The van der Waals surface area contributed by atoms with Crippen LogP contribution in [0.15, 0.2) is 24.3 Å². The molecule has 1 N–H and O–H groups in total. The zero-order valence-corrected chi connectivity index (χ0v) is 15.8. The van der Waals surface area contributed by atoms with Crippen molar-refractivity contribution in [2.24, 2.45) is 0 Å². The smallest absolute Gasteiger partial charge is 0.268 e. The van der Waals surface area contributed by atoms with Gasteiger partial charge in [0, 0.05) is 9.90 Å². The van der Waals surface area contributed by atoms with Gasteiger partial charge < -0.3 is 10.1 Å². The lowest BCUT2D eigenvalue weighted by Crippen LogP contribution is -2.42. The van der Waals surface area contributed by atoms with E-state index in [0.717, 1.165) is 31.2 Å². The van der Waals surface area contributed by atoms with Gasteiger partial charge in [-0.1, -0.05) is 11.6 Å². The number of aryl methyl sites for hydroxylation is 1. The standard InChI is InChI=1S/C19H19ClN2O2S/c1-19(2,24-13-9-7-12(20)8-10-13)18(23)22-17-15(11-21)14-5-3-4-6-16(14)25-17/h7-10H,3-6H2,1-2H3,(H,22,23). The average molecular weight is 375 g/mol. The summed E-state index contributed by atoms with van der Waals surface area (Å²) >= 11 is 7.38. The lowest BCUT2D eigenvalue weighted by atomic mass is 9.96. The van der Waals surface area contributed by atoms with Crippen LogP contribution < -0.4 is 10.1 Å². The molecule has 1 aromatic carbocycles. The number of hydrogen-bond donors (Lipinski definition) is 1. The van der Waals surface area contributed by atoms with Crippen LogP contribution >= 0.6 is 22.9 Å². The number of anilines is 1. The van der Waals surface area contributed by atoms with Crippen molar-refractivity contribution in [2.75, 3.05) is 5.32 Å². The maximum Gasteiger partial charge on any atom is 0.268 e. The summed E-state index contributed by atoms with van der Waals surface area (Å²) in [5, 5.41) is 13.6. The molecule has 1 amide bonds. The molecule has 1 aromatic heterocycles. The van der Waals surface area contributed by atoms with Crippen molar-refractivity contribution < 1.29 is 9.53 Å². The number of thiophene rings is 1. The van der Waals surface area contributed by atoms with Gasteiger partial charge in [-0.25, -0.2) is 0 Å². The van der Waals surface area contributed by atoms with Crippen LogP contribution in [0.3, 0.4) is 0 Å². The van der Waals surface area contributed by atoms with Crippen LogP contribution in [0.5, 0.6) is 5.75 Å². The Labute approximate surface area is 156 Å². The molecule has 0 saturated heterocycles. The Kier molecular flexibility index (Phi) is 5.03. The first-order valence-electron chi connectivity index (χ1n) is 8.21. The number of carbonyl (C=O) groups excluding carboxylic acids is 1. The highest BCUT2D eigenvalue weighted by Gasteiger charge is 2.32. The molecule has 4 nitrogen and oxygen atoms in total. The third-order valence-corrected chi connectivity index (χ3v) is 5.70. The molecule has 0 saturated carbocycles. The van der Waals surface area contributed by atoms with E-state index < -0.39 is 5.60 Å². The summed E-state index contributed by atoms with van der Waals surface area (Å²) in [5.74, 6) is 0.285. The van der Waals surface area contributed by atoms with E-state index in [0.29, 0.717) is 21.3 Å². The maximum absolute atomic E-state index is 12.7. The van der Waals surface area contributed by atoms with Crippen LogP contribution in [0, 0.1) is 11.3 Å². The monoisotopic (exact) mass is 374 g/mol. The predicted molar refractivity (Wildman–Crippen MR) is 100 cm³/mol. The second-order valence-electron chi connectivity index (χ2n) is 6.55. The largest absolute Gasteiger partial charge is 0.478 e. The molecule has 130 valence electrons. The van der Waals surface area contributed by atoms with Gasteiger partial charge in [-0.15, -0.1) is 11.3 Å². The van der Waals surface area contributed by atoms with Gasteiger partial charge in [0.25, 0.3) is 5.91 Å². The minimum absolute atomic E-state index is 0.280. The Bertz CT molecular complexity index is 834. The zero-order chi connectivity index (χ0) is 18.0. The summed E-state index contributed by atoms with van der Waals surface area (Å²) in [6, 6.07) is 9.13. The highest BCUT2D eigenvalue weighted by molar-refractivity contribution is 7.16. The van der Waals surface area contributed by atoms with Crippen LogP contribution in [0.4, 0.5) is 5.00 Å². The van der Waals surface area contributed by atoms with Crippen molar-refractivity contribution in [1.82, 2.24) is 0 Å². The topological polar surface area (TPSA) is 62.1 Å². The maximum atomic E-state index is 12.7. The second-order valence-corrected chi connectivity index (χ2v) is 8.09. The molecule has 0 spiro atoms. The number of hydrogen-bond acceptors (Lipinski definition) is 4. The Morgan fingerprint density at radius 3 is 2.64 bits per heavy atom. The molecule has 6 heteroatoms. The van der Waals surface area contributed by atoms with E-state index in [2.05, 4.69) is 11.4 Å². The minimum Gasteiger partial charge on any atom is -0.478 e. The fourth-order valence-corrected chi connectivity index (χ4v) is 4.23. The molecular formula is C19H19ClN2O2S. The van der Waals surface area contributed by atoms with Crippen molar-refractivity contribution in [2.45, 2.75) is 45.1 Å². The highest BCUT2D eigenvalue weighted by atomic mass is 35.5. The van der Waals surface area contributed by atoms with Gasteiger partial charge in [-0.05, 0) is 69.4 Å². The van der Waals surface area contributed by atoms with E-state index in [-0.39, 0.29) is 5.91 Å².